The van der Waals surface area contributed by atoms with Gasteiger partial charge >= 0.3 is 11.9 Å². The van der Waals surface area contributed by atoms with Gasteiger partial charge in [-0.05, 0) is 92.4 Å². The van der Waals surface area contributed by atoms with Crippen LogP contribution in [-0.4, -0.2) is 57.3 Å². The van der Waals surface area contributed by atoms with Gasteiger partial charge in [-0.1, -0.05) is 45.4 Å². The lowest BCUT2D eigenvalue weighted by atomic mass is 9.46. The second-order valence-electron chi connectivity index (χ2n) is 14.0. The van der Waals surface area contributed by atoms with E-state index in [1.807, 2.05) is 0 Å². The normalized spacial score (nSPS) is 41.8. The first-order valence-corrected chi connectivity index (χ1v) is 14.9. The predicted molar refractivity (Wildman–Crippen MR) is 148 cm³/mol. The van der Waals surface area contributed by atoms with Crippen LogP contribution < -0.4 is 0 Å². The lowest BCUT2D eigenvalue weighted by molar-refractivity contribution is -0.196. The van der Waals surface area contributed by atoms with Crippen LogP contribution in [0.25, 0.3) is 0 Å². The lowest BCUT2D eigenvalue weighted by Crippen LogP contribution is -2.61. The molecule has 11 atom stereocenters. The maximum Gasteiger partial charge on any atom is 0.303 e. The lowest BCUT2D eigenvalue weighted by Gasteiger charge is -2.60. The molecule has 0 aromatic carbocycles. The van der Waals surface area contributed by atoms with Crippen LogP contribution in [0.15, 0.2) is 23.8 Å². The predicted octanol–water partition coefficient (Wildman–Crippen LogP) is 4.72. The first kappa shape index (κ1) is 30.3. The largest absolute Gasteiger partial charge is 0.459 e. The Bertz CT molecular complexity index is 1010. The molecule has 7 nitrogen and oxygen atoms in total. The molecule has 220 valence electrons. The summed E-state index contributed by atoms with van der Waals surface area (Å²) in [5.74, 6) is -0.658. The number of rotatable bonds is 7. The van der Waals surface area contributed by atoms with Crippen LogP contribution in [0.3, 0.4) is 0 Å². The molecule has 3 saturated carbocycles. The van der Waals surface area contributed by atoms with E-state index in [-0.39, 0.29) is 40.4 Å². The summed E-state index contributed by atoms with van der Waals surface area (Å²) in [7, 11) is 0. The highest BCUT2D eigenvalue weighted by Gasteiger charge is 2.64. The van der Waals surface area contributed by atoms with Crippen LogP contribution in [0, 0.1) is 40.4 Å². The summed E-state index contributed by atoms with van der Waals surface area (Å²) in [6.45, 7) is 17.2. The fourth-order valence-electron chi connectivity index (χ4n) is 9.13. The van der Waals surface area contributed by atoms with Crippen LogP contribution in [0.5, 0.6) is 0 Å². The van der Waals surface area contributed by atoms with Gasteiger partial charge in [0, 0.05) is 19.8 Å². The molecule has 0 spiro atoms. The zero-order chi connectivity index (χ0) is 29.1. The summed E-state index contributed by atoms with van der Waals surface area (Å²) in [4.78, 5) is 24.3. The Balaban J connectivity index is 1.71. The number of allylic oxidation sites excluding steroid dienone is 1. The fourth-order valence-corrected chi connectivity index (χ4v) is 9.13. The van der Waals surface area contributed by atoms with Crippen LogP contribution in [0.4, 0.5) is 0 Å². The van der Waals surface area contributed by atoms with E-state index in [0.717, 1.165) is 37.7 Å². The van der Waals surface area contributed by atoms with Crippen molar-refractivity contribution in [3.63, 3.8) is 0 Å². The van der Waals surface area contributed by atoms with Crippen LogP contribution in [0.2, 0.25) is 0 Å². The molecule has 39 heavy (non-hydrogen) atoms. The molecular formula is C32H50O7. The van der Waals surface area contributed by atoms with Gasteiger partial charge in [0.25, 0.3) is 0 Å². The maximum atomic E-state index is 12.3. The van der Waals surface area contributed by atoms with Crippen molar-refractivity contribution in [3.8, 4) is 0 Å². The molecule has 0 bridgehead atoms. The summed E-state index contributed by atoms with van der Waals surface area (Å²) in [6, 6.07) is 0. The number of hydrogen-bond donors (Lipinski definition) is 3. The van der Waals surface area contributed by atoms with Crippen molar-refractivity contribution in [1.29, 1.82) is 0 Å². The summed E-state index contributed by atoms with van der Waals surface area (Å²) in [6.07, 6.45) is 4.17. The molecule has 4 rings (SSSR count). The van der Waals surface area contributed by atoms with E-state index >= 15 is 0 Å². The van der Waals surface area contributed by atoms with Gasteiger partial charge in [0.1, 0.15) is 12.2 Å². The minimum absolute atomic E-state index is 0.0912. The monoisotopic (exact) mass is 546 g/mol. The van der Waals surface area contributed by atoms with Gasteiger partial charge < -0.3 is 24.8 Å². The molecule has 4 aliphatic rings. The molecule has 0 aromatic heterocycles. The summed E-state index contributed by atoms with van der Waals surface area (Å²) >= 11 is 0. The minimum Gasteiger partial charge on any atom is -0.459 e. The van der Waals surface area contributed by atoms with E-state index < -0.39 is 42.0 Å². The second kappa shape index (κ2) is 10.6. The van der Waals surface area contributed by atoms with Crippen molar-refractivity contribution in [3.05, 3.63) is 23.8 Å². The van der Waals surface area contributed by atoms with Gasteiger partial charge in [-0.25, -0.2) is 0 Å². The topological polar surface area (TPSA) is 113 Å². The van der Waals surface area contributed by atoms with Crippen LogP contribution >= 0.6 is 0 Å². The molecule has 0 radical (unpaired) electrons. The molecule has 4 aliphatic carbocycles. The first-order chi connectivity index (χ1) is 18.0. The number of ether oxygens (including phenoxy) is 2. The Labute approximate surface area is 234 Å². The van der Waals surface area contributed by atoms with Crippen molar-refractivity contribution in [2.45, 2.75) is 123 Å². The molecule has 3 fully saturated rings. The van der Waals surface area contributed by atoms with Gasteiger partial charge in [0.05, 0.1) is 17.8 Å². The number of fused-ring (bicyclic) bond motifs is 5. The highest BCUT2D eigenvalue weighted by atomic mass is 16.6. The number of esters is 2. The maximum absolute atomic E-state index is 12.3. The Hall–Kier alpha value is -1.70. The Morgan fingerprint density at radius 1 is 1.05 bits per heavy atom. The van der Waals surface area contributed by atoms with Gasteiger partial charge in [-0.2, -0.15) is 0 Å². The van der Waals surface area contributed by atoms with Crippen molar-refractivity contribution >= 4 is 11.9 Å². The quantitative estimate of drug-likeness (QED) is 0.313. The van der Waals surface area contributed by atoms with Crippen LogP contribution in [0.1, 0.15) is 93.4 Å². The third-order valence-corrected chi connectivity index (χ3v) is 11.3. The number of carbonyl (C=O) groups excluding carboxylic acids is 2. The molecule has 0 saturated heterocycles. The van der Waals surface area contributed by atoms with E-state index in [2.05, 4.69) is 40.3 Å². The van der Waals surface area contributed by atoms with Crippen molar-refractivity contribution in [2.24, 2.45) is 40.4 Å². The fraction of sp³-hybridized carbons (Fsp3) is 0.812. The standard InChI is InChI=1S/C32H50O7/c1-17(2)18(3)15-27(36)32(8,37)26-10-9-22-21-16-25(38-19(4)33)28-29(39-20(5)34)24(35)12-14-31(28,7)23(21)11-13-30(22,26)6/h16-17,22-29,35-37H,3,9-15H2,1-2,4-8H3/t22-,23-,24-,25-,26-,27?,28-,29-,30-,31+,32?/m0/s1. The van der Waals surface area contributed by atoms with Crippen molar-refractivity contribution in [2.75, 3.05) is 0 Å². The third kappa shape index (κ3) is 5.12. The minimum atomic E-state index is -1.26. The smallest absolute Gasteiger partial charge is 0.303 e. The zero-order valence-corrected chi connectivity index (χ0v) is 24.9. The first-order valence-electron chi connectivity index (χ1n) is 14.9. The van der Waals surface area contributed by atoms with Crippen molar-refractivity contribution < 1.29 is 34.4 Å². The van der Waals surface area contributed by atoms with Gasteiger partial charge in [-0.15, -0.1) is 0 Å². The number of hydrogen-bond acceptors (Lipinski definition) is 7. The zero-order valence-electron chi connectivity index (χ0n) is 24.9. The van der Waals surface area contributed by atoms with Crippen molar-refractivity contribution in [1.82, 2.24) is 0 Å². The second-order valence-corrected chi connectivity index (χ2v) is 14.0. The number of aliphatic hydroxyl groups is 3. The molecular weight excluding hydrogens is 496 g/mol. The average molecular weight is 547 g/mol. The summed E-state index contributed by atoms with van der Waals surface area (Å²) in [5.41, 5.74) is 0.400. The molecule has 0 heterocycles. The van der Waals surface area contributed by atoms with Gasteiger partial charge in [0.15, 0.2) is 0 Å². The van der Waals surface area contributed by atoms with E-state index in [0.29, 0.717) is 12.8 Å². The molecule has 2 unspecified atom stereocenters. The Morgan fingerprint density at radius 3 is 2.23 bits per heavy atom. The average Bonchev–Trinajstić information content (AvgIpc) is 3.18. The molecule has 7 heteroatoms. The van der Waals surface area contributed by atoms with E-state index in [1.54, 1.807) is 6.92 Å². The highest BCUT2D eigenvalue weighted by molar-refractivity contribution is 5.67. The summed E-state index contributed by atoms with van der Waals surface area (Å²) < 4.78 is 11.6. The van der Waals surface area contributed by atoms with Gasteiger partial charge in [0.2, 0.25) is 0 Å². The molecule has 0 aliphatic heterocycles. The third-order valence-electron chi connectivity index (χ3n) is 11.3. The molecule has 0 aromatic rings. The summed E-state index contributed by atoms with van der Waals surface area (Å²) in [5, 5.41) is 33.9. The number of aliphatic hydroxyl groups excluding tert-OH is 2. The Kier molecular flexibility index (Phi) is 8.23. The SMILES string of the molecule is C=C(CC(O)C(C)(O)[C@H]1CC[C@H]2C3=C[C@H](OC(C)=O)[C@H]4[C@@H](OC(C)=O)[C@@H](O)CC[C@]4(C)[C@H]3CC[C@]12C)C(C)C. The molecule has 3 N–H and O–H groups in total. The number of carbonyl (C=O) groups is 2. The Morgan fingerprint density at radius 2 is 1.64 bits per heavy atom. The van der Waals surface area contributed by atoms with Gasteiger partial charge in [-0.3, -0.25) is 9.59 Å². The highest BCUT2D eigenvalue weighted by Crippen LogP contribution is 2.67. The molecule has 0 amide bonds. The van der Waals surface area contributed by atoms with E-state index in [4.69, 9.17) is 9.47 Å². The van der Waals surface area contributed by atoms with E-state index in [9.17, 15) is 24.9 Å². The van der Waals surface area contributed by atoms with Crippen LogP contribution in [-0.2, 0) is 19.1 Å². The van der Waals surface area contributed by atoms with E-state index in [1.165, 1.54) is 19.4 Å².